The number of hydrogen-bond acceptors (Lipinski definition) is 5. The van der Waals surface area contributed by atoms with Crippen molar-refractivity contribution in [1.82, 2.24) is 19.6 Å². The van der Waals surface area contributed by atoms with Crippen molar-refractivity contribution in [2.75, 3.05) is 12.4 Å². The normalized spacial score (nSPS) is 21.1. The van der Waals surface area contributed by atoms with Gasteiger partial charge in [-0.15, -0.1) is 0 Å². The van der Waals surface area contributed by atoms with Crippen molar-refractivity contribution in [2.24, 2.45) is 0 Å². The first-order valence-electron chi connectivity index (χ1n) is 10.5. The quantitative estimate of drug-likeness (QED) is 0.729. The summed E-state index contributed by atoms with van der Waals surface area (Å²) in [6.45, 7) is 3.14. The number of hydrogen-bond donors (Lipinski definition) is 2. The highest BCUT2D eigenvalue weighted by molar-refractivity contribution is 7.89. The largest absolute Gasteiger partial charge is 0.491 e. The van der Waals surface area contributed by atoms with Gasteiger partial charge in [0.25, 0.3) is 5.91 Å². The number of nitrogens with one attached hydrogen (secondary N) is 2. The molecule has 9 heteroatoms. The molecule has 2 heterocycles. The van der Waals surface area contributed by atoms with E-state index in [2.05, 4.69) is 15.0 Å². The molecule has 1 aliphatic heterocycles. The van der Waals surface area contributed by atoms with Crippen LogP contribution in [-0.4, -0.2) is 48.3 Å². The number of ether oxygens (including phenoxy) is 1. The van der Waals surface area contributed by atoms with Crippen LogP contribution in [0.15, 0.2) is 30.7 Å². The lowest BCUT2D eigenvalue weighted by atomic mass is 9.91. The molecule has 162 valence electrons. The summed E-state index contributed by atoms with van der Waals surface area (Å²) in [5, 5.41) is 3.10. The zero-order valence-corrected chi connectivity index (χ0v) is 18.0. The van der Waals surface area contributed by atoms with Crippen LogP contribution in [0.1, 0.15) is 49.4 Å². The first-order chi connectivity index (χ1) is 14.4. The van der Waals surface area contributed by atoms with Gasteiger partial charge >= 0.3 is 0 Å². The third-order valence-corrected chi connectivity index (χ3v) is 7.34. The number of nitrogens with zero attached hydrogens (tertiary/aromatic N) is 2. The SMILES string of the molecule is CCCS(=O)(=O)NC1CCC(NC(=O)c2ccc3c(c2)-c2cncn2CCO3)CC1. The highest BCUT2D eigenvalue weighted by atomic mass is 32.2. The van der Waals surface area contributed by atoms with E-state index >= 15 is 0 Å². The standard InChI is InChI=1S/C21H28N4O4S/c1-2-11-30(27,28)24-17-6-4-16(5-7-17)23-21(26)15-3-8-20-18(12-15)19-13-22-14-25(19)9-10-29-20/h3,8,12-14,16-17,24H,2,4-7,9-11H2,1H3,(H,23,26). The molecule has 0 bridgehead atoms. The van der Waals surface area contributed by atoms with Gasteiger partial charge in [-0.1, -0.05) is 6.92 Å². The maximum absolute atomic E-state index is 12.8. The van der Waals surface area contributed by atoms with E-state index in [-0.39, 0.29) is 23.7 Å². The van der Waals surface area contributed by atoms with Crippen LogP contribution >= 0.6 is 0 Å². The zero-order chi connectivity index (χ0) is 21.1. The summed E-state index contributed by atoms with van der Waals surface area (Å²) in [6, 6.07) is 5.48. The minimum absolute atomic E-state index is 0.0420. The van der Waals surface area contributed by atoms with Crippen LogP contribution < -0.4 is 14.8 Å². The van der Waals surface area contributed by atoms with Crippen LogP contribution in [0.2, 0.25) is 0 Å². The van der Waals surface area contributed by atoms with Gasteiger partial charge < -0.3 is 14.6 Å². The fourth-order valence-corrected chi connectivity index (χ4v) is 5.58. The van der Waals surface area contributed by atoms with E-state index in [0.717, 1.165) is 49.2 Å². The molecule has 1 fully saturated rings. The number of fused-ring (bicyclic) bond motifs is 3. The Bertz CT molecular complexity index is 1010. The second-order valence-electron chi connectivity index (χ2n) is 7.99. The second-order valence-corrected chi connectivity index (χ2v) is 9.86. The number of benzene rings is 1. The molecule has 1 aromatic heterocycles. The fraction of sp³-hybridized carbons (Fsp3) is 0.524. The number of carbonyl (C=O) groups is 1. The van der Waals surface area contributed by atoms with Crippen LogP contribution in [0.3, 0.4) is 0 Å². The molecule has 2 aromatic rings. The molecule has 1 amide bonds. The lowest BCUT2D eigenvalue weighted by Gasteiger charge is -2.29. The van der Waals surface area contributed by atoms with Gasteiger partial charge in [-0.05, 0) is 50.3 Å². The second kappa shape index (κ2) is 8.77. The minimum Gasteiger partial charge on any atom is -0.491 e. The van der Waals surface area contributed by atoms with E-state index in [1.807, 2.05) is 23.6 Å². The van der Waals surface area contributed by atoms with E-state index in [1.54, 1.807) is 18.6 Å². The molecule has 8 nitrogen and oxygen atoms in total. The van der Waals surface area contributed by atoms with Crippen LogP contribution in [0.5, 0.6) is 5.75 Å². The summed E-state index contributed by atoms with van der Waals surface area (Å²) in [5.41, 5.74) is 2.39. The molecule has 30 heavy (non-hydrogen) atoms. The predicted molar refractivity (Wildman–Crippen MR) is 114 cm³/mol. The van der Waals surface area contributed by atoms with E-state index in [4.69, 9.17) is 4.74 Å². The highest BCUT2D eigenvalue weighted by Crippen LogP contribution is 2.33. The third-order valence-electron chi connectivity index (χ3n) is 5.70. The summed E-state index contributed by atoms with van der Waals surface area (Å²) >= 11 is 0. The molecule has 4 rings (SSSR count). The molecule has 1 aromatic carbocycles. The van der Waals surface area contributed by atoms with Crippen molar-refractivity contribution in [1.29, 1.82) is 0 Å². The van der Waals surface area contributed by atoms with E-state index < -0.39 is 10.0 Å². The lowest BCUT2D eigenvalue weighted by Crippen LogP contribution is -2.44. The minimum atomic E-state index is -3.20. The molecule has 2 aliphatic rings. The smallest absolute Gasteiger partial charge is 0.251 e. The highest BCUT2D eigenvalue weighted by Gasteiger charge is 2.26. The number of aromatic nitrogens is 2. The Kier molecular flexibility index (Phi) is 6.10. The van der Waals surface area contributed by atoms with Crippen molar-refractivity contribution < 1.29 is 17.9 Å². The number of imidazole rings is 1. The molecule has 0 spiro atoms. The summed E-state index contributed by atoms with van der Waals surface area (Å²) < 4.78 is 34.5. The van der Waals surface area contributed by atoms with Crippen LogP contribution in [0.25, 0.3) is 11.3 Å². The van der Waals surface area contributed by atoms with Crippen molar-refractivity contribution >= 4 is 15.9 Å². The van der Waals surface area contributed by atoms with Gasteiger partial charge in [0.15, 0.2) is 0 Å². The predicted octanol–water partition coefficient (Wildman–Crippen LogP) is 2.31. The Balaban J connectivity index is 1.38. The van der Waals surface area contributed by atoms with Crippen molar-refractivity contribution in [3.8, 4) is 17.0 Å². The van der Waals surface area contributed by atoms with Crippen LogP contribution in [0.4, 0.5) is 0 Å². The maximum atomic E-state index is 12.8. The number of rotatable bonds is 6. The van der Waals surface area contributed by atoms with Gasteiger partial charge in [0, 0.05) is 23.2 Å². The van der Waals surface area contributed by atoms with Crippen molar-refractivity contribution in [3.05, 3.63) is 36.3 Å². The average molecular weight is 433 g/mol. The maximum Gasteiger partial charge on any atom is 0.251 e. The molecule has 0 unspecified atom stereocenters. The monoisotopic (exact) mass is 432 g/mol. The van der Waals surface area contributed by atoms with E-state index in [0.29, 0.717) is 18.6 Å². The van der Waals surface area contributed by atoms with Crippen LogP contribution in [-0.2, 0) is 16.6 Å². The first-order valence-corrected chi connectivity index (χ1v) is 12.2. The molecule has 1 saturated carbocycles. The number of sulfonamides is 1. The average Bonchev–Trinajstić information content (AvgIpc) is 3.11. The lowest BCUT2D eigenvalue weighted by molar-refractivity contribution is 0.0925. The van der Waals surface area contributed by atoms with Gasteiger partial charge in [-0.25, -0.2) is 18.1 Å². The molecule has 1 aliphatic carbocycles. The summed E-state index contributed by atoms with van der Waals surface area (Å²) in [6.07, 6.45) is 7.13. The first kappa shape index (κ1) is 20.9. The Morgan fingerprint density at radius 3 is 2.77 bits per heavy atom. The van der Waals surface area contributed by atoms with Gasteiger partial charge in [0.1, 0.15) is 12.4 Å². The Hall–Kier alpha value is -2.39. The molecule has 0 saturated heterocycles. The van der Waals surface area contributed by atoms with Gasteiger partial charge in [-0.2, -0.15) is 0 Å². The van der Waals surface area contributed by atoms with Gasteiger partial charge in [-0.3, -0.25) is 4.79 Å². The molecule has 0 radical (unpaired) electrons. The summed E-state index contributed by atoms with van der Waals surface area (Å²) in [4.78, 5) is 17.1. The Labute approximate surface area is 177 Å². The van der Waals surface area contributed by atoms with Gasteiger partial charge in [0.05, 0.1) is 30.5 Å². The van der Waals surface area contributed by atoms with E-state index in [9.17, 15) is 13.2 Å². The van der Waals surface area contributed by atoms with Crippen molar-refractivity contribution in [3.63, 3.8) is 0 Å². The molecule has 2 N–H and O–H groups in total. The summed E-state index contributed by atoms with van der Waals surface area (Å²) in [7, 11) is -3.20. The molecular formula is C21H28N4O4S. The van der Waals surface area contributed by atoms with E-state index in [1.165, 1.54) is 0 Å². The number of amides is 1. The Morgan fingerprint density at radius 2 is 2.00 bits per heavy atom. The zero-order valence-electron chi connectivity index (χ0n) is 17.1. The topological polar surface area (TPSA) is 102 Å². The molecule has 0 atom stereocenters. The Morgan fingerprint density at radius 1 is 1.23 bits per heavy atom. The third kappa shape index (κ3) is 4.67. The summed E-state index contributed by atoms with van der Waals surface area (Å²) in [5.74, 6) is 0.790. The van der Waals surface area contributed by atoms with Crippen molar-refractivity contribution in [2.45, 2.75) is 57.7 Å². The number of carbonyl (C=O) groups excluding carboxylic acids is 1. The van der Waals surface area contributed by atoms with Gasteiger partial charge in [0.2, 0.25) is 10.0 Å². The molecular weight excluding hydrogens is 404 g/mol. The fourth-order valence-electron chi connectivity index (χ4n) is 4.18. The van der Waals surface area contributed by atoms with Crippen LogP contribution in [0, 0.1) is 0 Å².